The Hall–Kier alpha value is -2.45. The number of amides is 2. The highest BCUT2D eigenvalue weighted by Gasteiger charge is 2.55. The lowest BCUT2D eigenvalue weighted by Gasteiger charge is -2.34. The van der Waals surface area contributed by atoms with Gasteiger partial charge >= 0.3 is 0 Å². The first kappa shape index (κ1) is 26.2. The van der Waals surface area contributed by atoms with Crippen molar-refractivity contribution < 1.29 is 14.8 Å². The molecule has 0 bridgehead atoms. The summed E-state index contributed by atoms with van der Waals surface area (Å²) in [6.45, 7) is 4.48. The molecule has 2 aliphatic rings. The van der Waals surface area contributed by atoms with E-state index in [0.29, 0.717) is 6.42 Å². The number of likely N-dealkylation sites (N-methyl/N-ethyl adjacent to an activating group) is 2. The van der Waals surface area contributed by atoms with Crippen LogP contribution in [0, 0.1) is 11.3 Å². The normalized spacial score (nSPS) is 20.0. The fourth-order valence-electron chi connectivity index (χ4n) is 4.84. The molecular weight excluding hydrogens is 430 g/mol. The Labute approximate surface area is 204 Å². The number of unbranched alkanes of at least 4 members (excludes halogenated alkanes) is 1. The van der Waals surface area contributed by atoms with Crippen LogP contribution in [0.15, 0.2) is 35.3 Å². The molecule has 0 aromatic heterocycles. The number of amidine groups is 1. The zero-order valence-corrected chi connectivity index (χ0v) is 21.2. The van der Waals surface area contributed by atoms with E-state index in [9.17, 15) is 9.59 Å². The molecule has 8 heteroatoms. The van der Waals surface area contributed by atoms with Gasteiger partial charge in [0.05, 0.1) is 11.7 Å². The molecule has 2 atom stereocenters. The summed E-state index contributed by atoms with van der Waals surface area (Å²) in [5.74, 6) is -0.0280. The summed E-state index contributed by atoms with van der Waals surface area (Å²) in [4.78, 5) is 37.2. The molecule has 34 heavy (non-hydrogen) atoms. The van der Waals surface area contributed by atoms with E-state index < -0.39 is 11.8 Å². The first-order valence-corrected chi connectivity index (χ1v) is 12.5. The number of para-hydroxylation sites is 1. The standard InChI is InChI=1S/C26H41N5O3/c1-5-6-10-20(17-23(32)28-34)25(33)31-19-26(13-14-26)18-22(31)24(30(4)16-15-29(2)3)27-21-11-8-7-9-12-21/h7-9,11-12,20,22,34H,5-6,10,13-19H2,1-4H3,(H,28,32). The van der Waals surface area contributed by atoms with Gasteiger partial charge in [0.25, 0.3) is 0 Å². The number of hydrogen-bond donors (Lipinski definition) is 2. The summed E-state index contributed by atoms with van der Waals surface area (Å²) < 4.78 is 0. The van der Waals surface area contributed by atoms with Crippen molar-refractivity contribution in [2.75, 3.05) is 40.8 Å². The fourth-order valence-corrected chi connectivity index (χ4v) is 4.84. The van der Waals surface area contributed by atoms with E-state index in [4.69, 9.17) is 10.2 Å². The van der Waals surface area contributed by atoms with E-state index in [1.807, 2.05) is 35.2 Å². The minimum atomic E-state index is -0.507. The van der Waals surface area contributed by atoms with Crippen LogP contribution in [-0.2, 0) is 9.59 Å². The van der Waals surface area contributed by atoms with Crippen LogP contribution < -0.4 is 5.48 Å². The van der Waals surface area contributed by atoms with Gasteiger partial charge in [0.15, 0.2) is 0 Å². The number of hydrogen-bond acceptors (Lipinski definition) is 5. The fraction of sp³-hybridized carbons (Fsp3) is 0.654. The molecule has 1 saturated carbocycles. The molecule has 1 aromatic rings. The smallest absolute Gasteiger partial charge is 0.244 e. The van der Waals surface area contributed by atoms with Gasteiger partial charge in [0, 0.05) is 39.0 Å². The van der Waals surface area contributed by atoms with Gasteiger partial charge in [0.2, 0.25) is 11.8 Å². The van der Waals surface area contributed by atoms with Gasteiger partial charge in [-0.1, -0.05) is 38.0 Å². The van der Waals surface area contributed by atoms with Gasteiger partial charge in [-0.3, -0.25) is 14.8 Å². The second kappa shape index (κ2) is 11.8. The SMILES string of the molecule is CCCCC(CC(=O)NO)C(=O)N1CC2(CC2)CC1C(=Nc1ccccc1)N(C)CCN(C)C. The van der Waals surface area contributed by atoms with Gasteiger partial charge < -0.3 is 14.7 Å². The lowest BCUT2D eigenvalue weighted by atomic mass is 9.96. The molecule has 1 heterocycles. The Morgan fingerprint density at radius 1 is 1.21 bits per heavy atom. The highest BCUT2D eigenvalue weighted by molar-refractivity contribution is 5.95. The van der Waals surface area contributed by atoms with Crippen molar-refractivity contribution >= 4 is 23.3 Å². The molecule has 1 aromatic carbocycles. The number of nitrogens with zero attached hydrogens (tertiary/aromatic N) is 4. The third-order valence-electron chi connectivity index (χ3n) is 7.13. The number of hydroxylamine groups is 1. The molecule has 0 radical (unpaired) electrons. The third kappa shape index (κ3) is 6.79. The molecule has 2 N–H and O–H groups in total. The number of rotatable bonds is 11. The Balaban J connectivity index is 1.92. The predicted octanol–water partition coefficient (Wildman–Crippen LogP) is 3.29. The van der Waals surface area contributed by atoms with Gasteiger partial charge in [0.1, 0.15) is 5.84 Å². The van der Waals surface area contributed by atoms with Crippen LogP contribution in [0.25, 0.3) is 0 Å². The number of aliphatic imine (C=N–C) groups is 1. The number of nitrogens with one attached hydrogen (secondary N) is 1. The highest BCUT2D eigenvalue weighted by Crippen LogP contribution is 2.55. The second-order valence-corrected chi connectivity index (χ2v) is 10.3. The average Bonchev–Trinajstić information content (AvgIpc) is 3.48. The Morgan fingerprint density at radius 3 is 2.50 bits per heavy atom. The molecule has 2 fully saturated rings. The largest absolute Gasteiger partial charge is 0.360 e. The summed E-state index contributed by atoms with van der Waals surface area (Å²) in [7, 11) is 6.16. The zero-order valence-electron chi connectivity index (χ0n) is 21.2. The quantitative estimate of drug-likeness (QED) is 0.224. The van der Waals surface area contributed by atoms with E-state index in [0.717, 1.165) is 63.3 Å². The van der Waals surface area contributed by atoms with E-state index in [1.165, 1.54) is 0 Å². The van der Waals surface area contributed by atoms with Crippen molar-refractivity contribution in [2.24, 2.45) is 16.3 Å². The van der Waals surface area contributed by atoms with Crippen LogP contribution in [0.2, 0.25) is 0 Å². The third-order valence-corrected chi connectivity index (χ3v) is 7.13. The number of carbonyl (C=O) groups excluding carboxylic acids is 2. The van der Waals surface area contributed by atoms with Crippen molar-refractivity contribution in [3.63, 3.8) is 0 Å². The highest BCUT2D eigenvalue weighted by atomic mass is 16.5. The van der Waals surface area contributed by atoms with Crippen molar-refractivity contribution in [2.45, 2.75) is 57.9 Å². The summed E-state index contributed by atoms with van der Waals surface area (Å²) in [6, 6.07) is 9.79. The van der Waals surface area contributed by atoms with Crippen LogP contribution in [0.3, 0.4) is 0 Å². The van der Waals surface area contributed by atoms with Crippen LogP contribution in [0.1, 0.15) is 51.9 Å². The molecule has 1 saturated heterocycles. The molecule has 3 rings (SSSR count). The number of carbonyl (C=O) groups is 2. The summed E-state index contributed by atoms with van der Waals surface area (Å²) >= 11 is 0. The minimum Gasteiger partial charge on any atom is -0.360 e. The summed E-state index contributed by atoms with van der Waals surface area (Å²) in [6.07, 6.45) is 5.63. The molecule has 1 aliphatic heterocycles. The van der Waals surface area contributed by atoms with E-state index in [2.05, 4.69) is 37.9 Å². The van der Waals surface area contributed by atoms with Gasteiger partial charge in [-0.15, -0.1) is 0 Å². The predicted molar refractivity (Wildman–Crippen MR) is 134 cm³/mol. The monoisotopic (exact) mass is 471 g/mol. The minimum absolute atomic E-state index is 0.00703. The van der Waals surface area contributed by atoms with Crippen LogP contribution in [0.5, 0.6) is 0 Å². The van der Waals surface area contributed by atoms with Crippen molar-refractivity contribution in [3.8, 4) is 0 Å². The maximum absolute atomic E-state index is 13.9. The van der Waals surface area contributed by atoms with Crippen LogP contribution in [-0.4, -0.2) is 84.4 Å². The average molecular weight is 472 g/mol. The van der Waals surface area contributed by atoms with Crippen molar-refractivity contribution in [1.82, 2.24) is 20.2 Å². The Kier molecular flexibility index (Phi) is 9.08. The van der Waals surface area contributed by atoms with E-state index >= 15 is 0 Å². The first-order valence-electron chi connectivity index (χ1n) is 12.5. The summed E-state index contributed by atoms with van der Waals surface area (Å²) in [5.41, 5.74) is 2.76. The lowest BCUT2D eigenvalue weighted by Crippen LogP contribution is -2.49. The van der Waals surface area contributed by atoms with Gasteiger partial charge in [-0.25, -0.2) is 10.5 Å². The van der Waals surface area contributed by atoms with Crippen molar-refractivity contribution in [1.29, 1.82) is 0 Å². The molecular formula is C26H41N5O3. The molecule has 188 valence electrons. The molecule has 1 spiro atoms. The van der Waals surface area contributed by atoms with Gasteiger partial charge in [-0.05, 0) is 57.3 Å². The Morgan fingerprint density at radius 2 is 1.91 bits per heavy atom. The Bertz CT molecular complexity index is 853. The van der Waals surface area contributed by atoms with E-state index in [-0.39, 0.29) is 23.8 Å². The maximum Gasteiger partial charge on any atom is 0.244 e. The number of benzene rings is 1. The molecule has 8 nitrogen and oxygen atoms in total. The molecule has 1 aliphatic carbocycles. The topological polar surface area (TPSA) is 88.5 Å². The molecule has 2 amide bonds. The first-order chi connectivity index (χ1) is 16.3. The summed E-state index contributed by atoms with van der Waals surface area (Å²) in [5, 5.41) is 9.08. The van der Waals surface area contributed by atoms with Crippen LogP contribution in [0.4, 0.5) is 5.69 Å². The maximum atomic E-state index is 13.9. The lowest BCUT2D eigenvalue weighted by molar-refractivity contribution is -0.140. The zero-order chi connectivity index (χ0) is 24.7. The van der Waals surface area contributed by atoms with Gasteiger partial charge in [-0.2, -0.15) is 0 Å². The second-order valence-electron chi connectivity index (χ2n) is 10.3. The molecule has 2 unspecified atom stereocenters. The van der Waals surface area contributed by atoms with Crippen molar-refractivity contribution in [3.05, 3.63) is 30.3 Å². The number of likely N-dealkylation sites (tertiary alicyclic amines) is 1. The van der Waals surface area contributed by atoms with Crippen LogP contribution >= 0.6 is 0 Å². The van der Waals surface area contributed by atoms with E-state index in [1.54, 1.807) is 5.48 Å².